The molecule has 0 aliphatic heterocycles. The molecule has 1 aromatic carbocycles. The molecule has 0 fully saturated rings. The van der Waals surface area contributed by atoms with Crippen molar-refractivity contribution in [3.05, 3.63) is 57.9 Å². The number of hydrogen-bond donors (Lipinski definition) is 2. The van der Waals surface area contributed by atoms with Crippen LogP contribution in [-0.4, -0.2) is 16.5 Å². The molecule has 0 amide bonds. The van der Waals surface area contributed by atoms with Crippen LogP contribution < -0.4 is 11.1 Å². The quantitative estimate of drug-likeness (QED) is 0.466. The molecule has 2 heterocycles. The van der Waals surface area contributed by atoms with Crippen LogP contribution in [0.25, 0.3) is 11.5 Å². The van der Waals surface area contributed by atoms with E-state index < -0.39 is 0 Å². The van der Waals surface area contributed by atoms with Gasteiger partial charge in [-0.15, -0.1) is 0 Å². The van der Waals surface area contributed by atoms with Crippen LogP contribution in [0.3, 0.4) is 0 Å². The third-order valence-electron chi connectivity index (χ3n) is 3.40. The summed E-state index contributed by atoms with van der Waals surface area (Å²) in [6, 6.07) is 14.1. The molecule has 118 valence electrons. The molecule has 5 nitrogen and oxygen atoms in total. The third kappa shape index (κ3) is 4.01. The van der Waals surface area contributed by atoms with E-state index in [0.29, 0.717) is 11.5 Å². The highest BCUT2D eigenvalue weighted by atomic mass is 127. The molecular weight excluding hydrogens is 403 g/mol. The van der Waals surface area contributed by atoms with Crippen molar-refractivity contribution in [1.82, 2.24) is 9.97 Å². The Bertz CT molecular complexity index is 760. The lowest BCUT2D eigenvalue weighted by molar-refractivity contribution is 0.579. The van der Waals surface area contributed by atoms with E-state index in [1.54, 1.807) is 6.26 Å². The molecule has 0 saturated carbocycles. The lowest BCUT2D eigenvalue weighted by atomic mass is 10.1. The predicted octanol–water partition coefficient (Wildman–Crippen LogP) is 3.97. The highest BCUT2D eigenvalue weighted by molar-refractivity contribution is 14.1. The van der Waals surface area contributed by atoms with Gasteiger partial charge in [0.15, 0.2) is 5.76 Å². The zero-order valence-corrected chi connectivity index (χ0v) is 14.7. The van der Waals surface area contributed by atoms with Crippen LogP contribution >= 0.6 is 22.6 Å². The van der Waals surface area contributed by atoms with Gasteiger partial charge in [0, 0.05) is 6.54 Å². The third-order valence-corrected chi connectivity index (χ3v) is 4.42. The number of anilines is 2. The van der Waals surface area contributed by atoms with E-state index in [9.17, 15) is 0 Å². The first-order valence-corrected chi connectivity index (χ1v) is 8.46. The Hall–Kier alpha value is -2.09. The Morgan fingerprint density at radius 1 is 1.09 bits per heavy atom. The van der Waals surface area contributed by atoms with Crippen molar-refractivity contribution < 1.29 is 4.42 Å². The number of aromatic nitrogens is 2. The maximum absolute atomic E-state index is 5.82. The molecule has 0 aliphatic carbocycles. The van der Waals surface area contributed by atoms with Gasteiger partial charge in [-0.3, -0.25) is 0 Å². The molecule has 0 radical (unpaired) electrons. The minimum atomic E-state index is 0.238. The Balaban J connectivity index is 1.66. The van der Waals surface area contributed by atoms with Gasteiger partial charge in [-0.2, -0.15) is 4.98 Å². The predicted molar refractivity (Wildman–Crippen MR) is 100 cm³/mol. The maximum Gasteiger partial charge on any atom is 0.222 e. The van der Waals surface area contributed by atoms with Gasteiger partial charge in [0.25, 0.3) is 0 Å². The Morgan fingerprint density at radius 3 is 2.65 bits per heavy atom. The lowest BCUT2D eigenvalue weighted by Gasteiger charge is -2.10. The molecule has 0 atom stereocenters. The van der Waals surface area contributed by atoms with Crippen molar-refractivity contribution in [3.63, 3.8) is 0 Å². The number of furan rings is 1. The zero-order valence-electron chi connectivity index (χ0n) is 12.5. The van der Waals surface area contributed by atoms with Crippen LogP contribution in [0, 0.1) is 3.57 Å². The van der Waals surface area contributed by atoms with E-state index in [4.69, 9.17) is 10.2 Å². The number of nitrogens with zero attached hydrogens (tertiary/aromatic N) is 2. The second kappa shape index (κ2) is 7.45. The summed E-state index contributed by atoms with van der Waals surface area (Å²) in [7, 11) is 0. The first-order valence-electron chi connectivity index (χ1n) is 7.39. The summed E-state index contributed by atoms with van der Waals surface area (Å²) in [6.45, 7) is 0.818. The molecule has 3 N–H and O–H groups in total. The first kappa shape index (κ1) is 15.8. The molecule has 23 heavy (non-hydrogen) atoms. The Kier molecular flexibility index (Phi) is 5.12. The van der Waals surface area contributed by atoms with Crippen LogP contribution in [0.5, 0.6) is 0 Å². The Labute approximate surface area is 148 Å². The summed E-state index contributed by atoms with van der Waals surface area (Å²) < 4.78 is 6.32. The molecule has 0 unspecified atom stereocenters. The molecule has 0 bridgehead atoms. The van der Waals surface area contributed by atoms with E-state index in [0.717, 1.165) is 28.8 Å². The first-order chi connectivity index (χ1) is 11.2. The average molecular weight is 420 g/mol. The van der Waals surface area contributed by atoms with Gasteiger partial charge in [0.2, 0.25) is 5.95 Å². The van der Waals surface area contributed by atoms with Crippen LogP contribution in [-0.2, 0) is 6.42 Å². The van der Waals surface area contributed by atoms with Crippen molar-refractivity contribution in [2.75, 3.05) is 17.6 Å². The summed E-state index contributed by atoms with van der Waals surface area (Å²) in [5, 5.41) is 3.35. The number of halogens is 1. The summed E-state index contributed by atoms with van der Waals surface area (Å²) in [4.78, 5) is 8.57. The SMILES string of the molecule is Nc1nc(NCCCc2ccccc2)c(I)c(-c2ccco2)n1. The van der Waals surface area contributed by atoms with Crippen LogP contribution in [0.2, 0.25) is 0 Å². The fraction of sp³-hybridized carbons (Fsp3) is 0.176. The van der Waals surface area contributed by atoms with Gasteiger partial charge in [0.1, 0.15) is 11.5 Å². The van der Waals surface area contributed by atoms with E-state index in [1.807, 2.05) is 18.2 Å². The number of nitrogen functional groups attached to an aromatic ring is 1. The zero-order chi connectivity index (χ0) is 16.1. The van der Waals surface area contributed by atoms with Gasteiger partial charge < -0.3 is 15.5 Å². The highest BCUT2D eigenvalue weighted by Crippen LogP contribution is 2.28. The maximum atomic E-state index is 5.82. The van der Waals surface area contributed by atoms with Crippen LogP contribution in [0.4, 0.5) is 11.8 Å². The van der Waals surface area contributed by atoms with E-state index >= 15 is 0 Å². The van der Waals surface area contributed by atoms with E-state index in [-0.39, 0.29) is 5.95 Å². The lowest BCUT2D eigenvalue weighted by Crippen LogP contribution is -2.10. The minimum Gasteiger partial charge on any atom is -0.463 e. The summed E-state index contributed by atoms with van der Waals surface area (Å²) in [6.07, 6.45) is 3.66. The second-order valence-electron chi connectivity index (χ2n) is 5.09. The van der Waals surface area contributed by atoms with Crippen molar-refractivity contribution in [2.45, 2.75) is 12.8 Å². The van der Waals surface area contributed by atoms with Crippen molar-refractivity contribution in [2.24, 2.45) is 0 Å². The fourth-order valence-corrected chi connectivity index (χ4v) is 3.00. The molecule has 3 rings (SSSR count). The van der Waals surface area contributed by atoms with Gasteiger partial charge >= 0.3 is 0 Å². The second-order valence-corrected chi connectivity index (χ2v) is 6.16. The molecular formula is C17H17IN4O. The van der Waals surface area contributed by atoms with Crippen LogP contribution in [0.1, 0.15) is 12.0 Å². The standard InChI is InChI=1S/C17H17IN4O/c18-14-15(13-9-5-11-23-13)21-17(19)22-16(14)20-10-4-8-12-6-2-1-3-7-12/h1-3,5-7,9,11H,4,8,10H2,(H3,19,20,21,22). The van der Waals surface area contributed by atoms with Crippen molar-refractivity contribution in [3.8, 4) is 11.5 Å². The number of hydrogen-bond acceptors (Lipinski definition) is 5. The van der Waals surface area contributed by atoms with Gasteiger partial charge in [-0.05, 0) is 53.1 Å². The van der Waals surface area contributed by atoms with Crippen molar-refractivity contribution >= 4 is 34.4 Å². The molecule has 6 heteroatoms. The monoisotopic (exact) mass is 420 g/mol. The largest absolute Gasteiger partial charge is 0.463 e. The summed E-state index contributed by atoms with van der Waals surface area (Å²) in [5.41, 5.74) is 7.87. The van der Waals surface area contributed by atoms with Gasteiger partial charge in [0.05, 0.1) is 9.83 Å². The van der Waals surface area contributed by atoms with E-state index in [2.05, 4.69) is 62.1 Å². The molecule has 3 aromatic rings. The average Bonchev–Trinajstić information content (AvgIpc) is 3.09. The number of nitrogens with two attached hydrogens (primary N) is 1. The normalized spacial score (nSPS) is 10.7. The number of rotatable bonds is 6. The smallest absolute Gasteiger partial charge is 0.222 e. The topological polar surface area (TPSA) is 77.0 Å². The molecule has 0 aliphatic rings. The number of benzene rings is 1. The minimum absolute atomic E-state index is 0.238. The summed E-state index contributed by atoms with van der Waals surface area (Å²) >= 11 is 2.22. The molecule has 2 aromatic heterocycles. The van der Waals surface area contributed by atoms with Gasteiger partial charge in [-0.25, -0.2) is 4.98 Å². The number of aryl methyl sites for hydroxylation is 1. The van der Waals surface area contributed by atoms with E-state index in [1.165, 1.54) is 5.56 Å². The summed E-state index contributed by atoms with van der Waals surface area (Å²) in [5.74, 6) is 1.68. The van der Waals surface area contributed by atoms with Gasteiger partial charge in [-0.1, -0.05) is 30.3 Å². The van der Waals surface area contributed by atoms with Crippen LogP contribution in [0.15, 0.2) is 53.1 Å². The fourth-order valence-electron chi connectivity index (χ4n) is 2.30. The highest BCUT2D eigenvalue weighted by Gasteiger charge is 2.14. The molecule has 0 saturated heterocycles. The Morgan fingerprint density at radius 2 is 1.91 bits per heavy atom. The molecule has 0 spiro atoms. The van der Waals surface area contributed by atoms with Crippen molar-refractivity contribution in [1.29, 1.82) is 0 Å². The number of nitrogens with one attached hydrogen (secondary N) is 1.